The number of phenolic OH excluding ortho intramolecular Hbond substituents is 2. The third-order valence-electron chi connectivity index (χ3n) is 7.32. The summed E-state index contributed by atoms with van der Waals surface area (Å²) in [6.45, 7) is 7.77. The number of esters is 1. The van der Waals surface area contributed by atoms with E-state index in [9.17, 15) is 33.0 Å². The van der Waals surface area contributed by atoms with E-state index in [1.54, 1.807) is 19.1 Å². The van der Waals surface area contributed by atoms with Gasteiger partial charge in [0.1, 0.15) is 11.5 Å². The first-order chi connectivity index (χ1) is 21.8. The molecule has 11 heteroatoms. The van der Waals surface area contributed by atoms with E-state index in [1.165, 1.54) is 30.3 Å². The minimum atomic E-state index is -4.24. The molecular formula is C35H36N2O8S. The molecule has 0 aliphatic carbocycles. The quantitative estimate of drug-likeness (QED) is 0.105. The minimum Gasteiger partial charge on any atom is -0.506 e. The molecule has 2 amide bonds. The maximum atomic E-state index is 13.6. The normalized spacial score (nSPS) is 11.1. The molecule has 46 heavy (non-hydrogen) atoms. The summed E-state index contributed by atoms with van der Waals surface area (Å²) >= 11 is 0. The van der Waals surface area contributed by atoms with Crippen LogP contribution in [0.5, 0.6) is 11.5 Å². The first kappa shape index (κ1) is 33.7. The summed E-state index contributed by atoms with van der Waals surface area (Å²) in [6.07, 6.45) is 2.51. The summed E-state index contributed by atoms with van der Waals surface area (Å²) in [6, 6.07) is 16.6. The van der Waals surface area contributed by atoms with Gasteiger partial charge in [-0.05, 0) is 110 Å². The summed E-state index contributed by atoms with van der Waals surface area (Å²) in [5, 5.41) is 25.9. The average Bonchev–Trinajstić information content (AvgIpc) is 3.02. The number of hydrogen-bond acceptors (Lipinski definition) is 8. The molecule has 0 aliphatic heterocycles. The fourth-order valence-electron chi connectivity index (χ4n) is 4.78. The number of aryl methyl sites for hydroxylation is 3. The molecule has 0 bridgehead atoms. The van der Waals surface area contributed by atoms with Crippen molar-refractivity contribution in [3.63, 3.8) is 0 Å². The number of hydrogen-bond donors (Lipinski definition) is 4. The van der Waals surface area contributed by atoms with Crippen molar-refractivity contribution in [2.24, 2.45) is 0 Å². The molecule has 0 atom stereocenters. The van der Waals surface area contributed by atoms with Gasteiger partial charge in [0.2, 0.25) is 9.84 Å². The number of carbonyl (C=O) groups excluding carboxylic acids is 3. The highest BCUT2D eigenvalue weighted by Gasteiger charge is 2.23. The van der Waals surface area contributed by atoms with Crippen molar-refractivity contribution in [1.82, 2.24) is 0 Å². The van der Waals surface area contributed by atoms with Crippen LogP contribution >= 0.6 is 0 Å². The number of ether oxygens (including phenoxy) is 1. The number of anilines is 2. The molecule has 10 nitrogen and oxygen atoms in total. The molecule has 0 aromatic heterocycles. The first-order valence-corrected chi connectivity index (χ1v) is 16.2. The molecule has 4 aromatic rings. The Labute approximate surface area is 268 Å². The number of sulfone groups is 1. The van der Waals surface area contributed by atoms with Gasteiger partial charge in [0.25, 0.3) is 11.8 Å². The third kappa shape index (κ3) is 7.55. The number of amides is 2. The van der Waals surface area contributed by atoms with Gasteiger partial charge in [-0.2, -0.15) is 0 Å². The maximum absolute atomic E-state index is 13.6. The molecule has 4 rings (SSSR count). The van der Waals surface area contributed by atoms with Gasteiger partial charge in [0.15, 0.2) is 0 Å². The summed E-state index contributed by atoms with van der Waals surface area (Å²) in [5.41, 5.74) is 3.15. The Morgan fingerprint density at radius 1 is 0.696 bits per heavy atom. The Hall–Kier alpha value is -5.16. The van der Waals surface area contributed by atoms with Crippen LogP contribution in [0.4, 0.5) is 11.4 Å². The maximum Gasteiger partial charge on any atom is 0.338 e. The molecule has 0 fully saturated rings. The van der Waals surface area contributed by atoms with Gasteiger partial charge in [-0.25, -0.2) is 13.2 Å². The Kier molecular flexibility index (Phi) is 10.5. The van der Waals surface area contributed by atoms with Crippen molar-refractivity contribution in [3.8, 4) is 11.5 Å². The van der Waals surface area contributed by atoms with Gasteiger partial charge >= 0.3 is 5.97 Å². The average molecular weight is 645 g/mol. The van der Waals surface area contributed by atoms with Gasteiger partial charge in [-0.3, -0.25) is 9.59 Å². The van der Waals surface area contributed by atoms with E-state index in [2.05, 4.69) is 17.6 Å². The van der Waals surface area contributed by atoms with Crippen molar-refractivity contribution in [2.45, 2.75) is 56.7 Å². The van der Waals surface area contributed by atoms with E-state index >= 15 is 0 Å². The second-order valence-electron chi connectivity index (χ2n) is 10.8. The highest BCUT2D eigenvalue weighted by molar-refractivity contribution is 7.91. The summed E-state index contributed by atoms with van der Waals surface area (Å²) in [7, 11) is -4.24. The van der Waals surface area contributed by atoms with Gasteiger partial charge < -0.3 is 25.6 Å². The van der Waals surface area contributed by atoms with E-state index in [4.69, 9.17) is 4.74 Å². The van der Waals surface area contributed by atoms with Crippen LogP contribution in [-0.4, -0.2) is 43.0 Å². The minimum absolute atomic E-state index is 0.106. The standard InChI is InChI=1S/C35H36N2O8S/c1-5-7-23-8-9-24(17-21(23)3)33(40)36-29-19-26(11-14-31(29)38)46(43,44)27-12-15-32(39)30(20-27)37-34(41)25-10-13-28(22(4)18-25)35(42)45-16-6-2/h8-15,17-20,38-39H,5-7,16H2,1-4H3,(H,36,40)(H,37,41). The monoisotopic (exact) mass is 644 g/mol. The Balaban J connectivity index is 1.56. The molecule has 0 radical (unpaired) electrons. The lowest BCUT2D eigenvalue weighted by molar-refractivity contribution is 0.0503. The van der Waals surface area contributed by atoms with Crippen LogP contribution in [0, 0.1) is 13.8 Å². The van der Waals surface area contributed by atoms with Gasteiger partial charge in [-0.1, -0.05) is 26.3 Å². The molecule has 0 spiro atoms. The molecule has 4 aromatic carbocycles. The van der Waals surface area contributed by atoms with Crippen LogP contribution in [0.2, 0.25) is 0 Å². The number of benzene rings is 4. The fraction of sp³-hybridized carbons (Fsp3) is 0.229. The highest BCUT2D eigenvalue weighted by atomic mass is 32.2. The number of rotatable bonds is 11. The van der Waals surface area contributed by atoms with Crippen molar-refractivity contribution < 1.29 is 37.8 Å². The predicted octanol–water partition coefficient (Wildman–Crippen LogP) is 6.57. The second kappa shape index (κ2) is 14.3. The fourth-order valence-corrected chi connectivity index (χ4v) is 6.10. The Bertz CT molecular complexity index is 1920. The lowest BCUT2D eigenvalue weighted by atomic mass is 10.0. The zero-order valence-electron chi connectivity index (χ0n) is 26.0. The third-order valence-corrected chi connectivity index (χ3v) is 9.07. The van der Waals surface area contributed by atoms with Crippen LogP contribution in [0.25, 0.3) is 0 Å². The molecule has 240 valence electrons. The first-order valence-electron chi connectivity index (χ1n) is 14.8. The number of carbonyl (C=O) groups is 3. The SMILES string of the molecule is CCCOC(=O)c1ccc(C(=O)Nc2cc(S(=O)(=O)c3ccc(O)c(NC(=O)c4ccc(CCC)c(C)c4)c3)ccc2O)cc1C. The molecule has 0 unspecified atom stereocenters. The summed E-state index contributed by atoms with van der Waals surface area (Å²) in [4.78, 5) is 37.7. The molecule has 0 aliphatic rings. The van der Waals surface area contributed by atoms with E-state index in [0.29, 0.717) is 23.1 Å². The smallest absolute Gasteiger partial charge is 0.338 e. The van der Waals surface area contributed by atoms with E-state index < -0.39 is 27.6 Å². The van der Waals surface area contributed by atoms with Crippen molar-refractivity contribution in [3.05, 3.63) is 106 Å². The topological polar surface area (TPSA) is 159 Å². The molecule has 0 saturated carbocycles. The van der Waals surface area contributed by atoms with Crippen molar-refractivity contribution in [1.29, 1.82) is 0 Å². The lowest BCUT2D eigenvalue weighted by Crippen LogP contribution is -2.15. The van der Waals surface area contributed by atoms with E-state index in [0.717, 1.165) is 48.2 Å². The van der Waals surface area contributed by atoms with Crippen LogP contribution in [0.3, 0.4) is 0 Å². The Morgan fingerprint density at radius 2 is 1.22 bits per heavy atom. The molecule has 4 N–H and O–H groups in total. The molecular weight excluding hydrogens is 608 g/mol. The zero-order chi connectivity index (χ0) is 33.6. The summed E-state index contributed by atoms with van der Waals surface area (Å²) < 4.78 is 32.4. The summed E-state index contributed by atoms with van der Waals surface area (Å²) in [5.74, 6) is -2.37. The van der Waals surface area contributed by atoms with E-state index in [1.807, 2.05) is 19.9 Å². The second-order valence-corrected chi connectivity index (χ2v) is 12.8. The largest absolute Gasteiger partial charge is 0.506 e. The zero-order valence-corrected chi connectivity index (χ0v) is 26.8. The van der Waals surface area contributed by atoms with Crippen LogP contribution in [0.1, 0.15) is 74.5 Å². The molecule has 0 saturated heterocycles. The van der Waals surface area contributed by atoms with E-state index in [-0.39, 0.29) is 44.8 Å². The van der Waals surface area contributed by atoms with Crippen LogP contribution in [-0.2, 0) is 21.0 Å². The van der Waals surface area contributed by atoms with Gasteiger partial charge in [0.05, 0.1) is 33.3 Å². The van der Waals surface area contributed by atoms with Gasteiger partial charge in [-0.15, -0.1) is 0 Å². The molecule has 0 heterocycles. The number of phenols is 2. The van der Waals surface area contributed by atoms with Crippen molar-refractivity contribution in [2.75, 3.05) is 17.2 Å². The highest BCUT2D eigenvalue weighted by Crippen LogP contribution is 2.33. The van der Waals surface area contributed by atoms with Crippen LogP contribution < -0.4 is 10.6 Å². The van der Waals surface area contributed by atoms with Gasteiger partial charge in [0, 0.05) is 11.1 Å². The van der Waals surface area contributed by atoms with Crippen molar-refractivity contribution >= 4 is 39.0 Å². The van der Waals surface area contributed by atoms with Crippen LogP contribution in [0.15, 0.2) is 82.6 Å². The number of nitrogens with one attached hydrogen (secondary N) is 2. The number of aromatic hydroxyl groups is 2. The predicted molar refractivity (Wildman–Crippen MR) is 174 cm³/mol. The Morgan fingerprint density at radius 3 is 1.70 bits per heavy atom. The lowest BCUT2D eigenvalue weighted by Gasteiger charge is -2.13.